The van der Waals surface area contributed by atoms with E-state index in [1.54, 1.807) is 0 Å². The summed E-state index contributed by atoms with van der Waals surface area (Å²) in [5, 5.41) is 3.55. The van der Waals surface area contributed by atoms with Crippen molar-refractivity contribution in [2.75, 3.05) is 18.5 Å². The highest BCUT2D eigenvalue weighted by atomic mass is 16.5. The molecule has 1 saturated heterocycles. The lowest BCUT2D eigenvalue weighted by Gasteiger charge is -2.24. The minimum absolute atomic E-state index is 0.496. The van der Waals surface area contributed by atoms with Crippen LogP contribution in [-0.2, 0) is 4.74 Å². The van der Waals surface area contributed by atoms with Crippen molar-refractivity contribution in [1.82, 2.24) is 0 Å². The van der Waals surface area contributed by atoms with Crippen LogP contribution in [0, 0.1) is 0 Å². The fourth-order valence-corrected chi connectivity index (χ4v) is 2.35. The van der Waals surface area contributed by atoms with Gasteiger partial charge < -0.3 is 14.8 Å². The molecule has 0 atom stereocenters. The van der Waals surface area contributed by atoms with Crippen LogP contribution in [0.1, 0.15) is 12.8 Å². The minimum atomic E-state index is 0.496. The quantitative estimate of drug-likeness (QED) is 0.907. The lowest BCUT2D eigenvalue weighted by atomic mass is 10.1. The summed E-state index contributed by atoms with van der Waals surface area (Å²) in [5.41, 5.74) is 1.10. The molecule has 0 aromatic heterocycles. The van der Waals surface area contributed by atoms with Gasteiger partial charge in [-0.1, -0.05) is 24.3 Å². The van der Waals surface area contributed by atoms with Crippen molar-refractivity contribution in [3.05, 3.63) is 54.6 Å². The number of benzene rings is 2. The molecule has 2 aromatic rings. The summed E-state index contributed by atoms with van der Waals surface area (Å²) in [4.78, 5) is 0. The van der Waals surface area contributed by atoms with E-state index in [9.17, 15) is 0 Å². The molecule has 1 fully saturated rings. The molecule has 3 rings (SSSR count). The first-order valence-corrected chi connectivity index (χ1v) is 7.07. The van der Waals surface area contributed by atoms with Crippen LogP contribution in [0.25, 0.3) is 0 Å². The van der Waals surface area contributed by atoms with Crippen molar-refractivity contribution in [2.24, 2.45) is 0 Å². The molecule has 0 bridgehead atoms. The van der Waals surface area contributed by atoms with Crippen LogP contribution in [0.4, 0.5) is 5.69 Å². The van der Waals surface area contributed by atoms with E-state index in [1.165, 1.54) is 0 Å². The Morgan fingerprint density at radius 2 is 1.65 bits per heavy atom. The van der Waals surface area contributed by atoms with Gasteiger partial charge in [0.15, 0.2) is 0 Å². The SMILES string of the molecule is c1ccc(Oc2cccc(NC3CCOCC3)c2)cc1. The van der Waals surface area contributed by atoms with Gasteiger partial charge in [-0.3, -0.25) is 0 Å². The largest absolute Gasteiger partial charge is 0.457 e. The molecule has 1 N–H and O–H groups in total. The third kappa shape index (κ3) is 3.52. The van der Waals surface area contributed by atoms with Crippen molar-refractivity contribution >= 4 is 5.69 Å². The highest BCUT2D eigenvalue weighted by molar-refractivity contribution is 5.49. The lowest BCUT2D eigenvalue weighted by Crippen LogP contribution is -2.27. The van der Waals surface area contributed by atoms with E-state index in [0.29, 0.717) is 6.04 Å². The van der Waals surface area contributed by atoms with Gasteiger partial charge in [-0.2, -0.15) is 0 Å². The molecule has 3 nitrogen and oxygen atoms in total. The van der Waals surface area contributed by atoms with E-state index < -0.39 is 0 Å². The molecule has 20 heavy (non-hydrogen) atoms. The van der Waals surface area contributed by atoms with Crippen molar-refractivity contribution in [3.8, 4) is 11.5 Å². The third-order valence-corrected chi connectivity index (χ3v) is 3.41. The number of hydrogen-bond acceptors (Lipinski definition) is 3. The predicted molar refractivity (Wildman–Crippen MR) is 80.4 cm³/mol. The molecule has 1 heterocycles. The fourth-order valence-electron chi connectivity index (χ4n) is 2.35. The molecule has 0 saturated carbocycles. The number of ether oxygens (including phenoxy) is 2. The van der Waals surface area contributed by atoms with Crippen LogP contribution in [0.2, 0.25) is 0 Å². The third-order valence-electron chi connectivity index (χ3n) is 3.41. The lowest BCUT2D eigenvalue weighted by molar-refractivity contribution is 0.0904. The zero-order chi connectivity index (χ0) is 13.6. The van der Waals surface area contributed by atoms with Crippen LogP contribution < -0.4 is 10.1 Å². The van der Waals surface area contributed by atoms with Crippen molar-refractivity contribution < 1.29 is 9.47 Å². The first kappa shape index (κ1) is 13.0. The van der Waals surface area contributed by atoms with Gasteiger partial charge in [-0.25, -0.2) is 0 Å². The molecule has 3 heteroatoms. The van der Waals surface area contributed by atoms with Crippen molar-refractivity contribution in [2.45, 2.75) is 18.9 Å². The van der Waals surface area contributed by atoms with Crippen LogP contribution in [0.15, 0.2) is 54.6 Å². The second-order valence-corrected chi connectivity index (χ2v) is 4.97. The molecule has 0 amide bonds. The topological polar surface area (TPSA) is 30.5 Å². The van der Waals surface area contributed by atoms with E-state index in [1.807, 2.05) is 48.5 Å². The Kier molecular flexibility index (Phi) is 4.19. The molecule has 0 spiro atoms. The summed E-state index contributed by atoms with van der Waals surface area (Å²) in [7, 11) is 0. The normalized spacial score (nSPS) is 15.8. The summed E-state index contributed by atoms with van der Waals surface area (Å²) < 4.78 is 11.2. The predicted octanol–water partition coefficient (Wildman–Crippen LogP) is 4.07. The molecule has 1 aliphatic rings. The number of para-hydroxylation sites is 1. The van der Waals surface area contributed by atoms with Gasteiger partial charge in [0.05, 0.1) is 0 Å². The zero-order valence-electron chi connectivity index (χ0n) is 11.4. The van der Waals surface area contributed by atoms with Crippen LogP contribution in [0.5, 0.6) is 11.5 Å². The van der Waals surface area contributed by atoms with Gasteiger partial charge in [-0.05, 0) is 37.1 Å². The smallest absolute Gasteiger partial charge is 0.129 e. The Morgan fingerprint density at radius 1 is 0.900 bits per heavy atom. The van der Waals surface area contributed by atoms with E-state index in [0.717, 1.165) is 43.2 Å². The summed E-state index contributed by atoms with van der Waals surface area (Å²) in [5.74, 6) is 1.71. The van der Waals surface area contributed by atoms with Crippen molar-refractivity contribution in [3.63, 3.8) is 0 Å². The summed E-state index contributed by atoms with van der Waals surface area (Å²) in [6, 6.07) is 18.4. The van der Waals surface area contributed by atoms with Gasteiger partial charge in [0.25, 0.3) is 0 Å². The fraction of sp³-hybridized carbons (Fsp3) is 0.294. The van der Waals surface area contributed by atoms with E-state index in [2.05, 4.69) is 11.4 Å². The summed E-state index contributed by atoms with van der Waals surface area (Å²) in [6.07, 6.45) is 2.12. The maximum atomic E-state index is 5.84. The maximum absolute atomic E-state index is 5.84. The van der Waals surface area contributed by atoms with E-state index in [4.69, 9.17) is 9.47 Å². The first-order chi connectivity index (χ1) is 9.90. The standard InChI is InChI=1S/C17H19NO2/c1-2-6-16(7-3-1)20-17-8-4-5-15(13-17)18-14-9-11-19-12-10-14/h1-8,13-14,18H,9-12H2. The molecule has 0 radical (unpaired) electrons. The summed E-state index contributed by atoms with van der Waals surface area (Å²) >= 11 is 0. The van der Waals surface area contributed by atoms with Gasteiger partial charge in [0, 0.05) is 31.0 Å². The monoisotopic (exact) mass is 269 g/mol. The molecule has 104 valence electrons. The van der Waals surface area contributed by atoms with E-state index in [-0.39, 0.29) is 0 Å². The molecule has 1 aliphatic heterocycles. The molecular weight excluding hydrogens is 250 g/mol. The van der Waals surface area contributed by atoms with Gasteiger partial charge in [-0.15, -0.1) is 0 Å². The van der Waals surface area contributed by atoms with Crippen LogP contribution in [0.3, 0.4) is 0 Å². The molecule has 0 aliphatic carbocycles. The van der Waals surface area contributed by atoms with Crippen LogP contribution >= 0.6 is 0 Å². The van der Waals surface area contributed by atoms with Gasteiger partial charge >= 0.3 is 0 Å². The highest BCUT2D eigenvalue weighted by Crippen LogP contribution is 2.25. The Hall–Kier alpha value is -2.00. The minimum Gasteiger partial charge on any atom is -0.457 e. The molecule has 0 unspecified atom stereocenters. The second kappa shape index (κ2) is 6.44. The van der Waals surface area contributed by atoms with Gasteiger partial charge in [0.1, 0.15) is 11.5 Å². The molecular formula is C17H19NO2. The Labute approximate surface area is 119 Å². The highest BCUT2D eigenvalue weighted by Gasteiger charge is 2.13. The molecule has 2 aromatic carbocycles. The Balaban J connectivity index is 1.66. The van der Waals surface area contributed by atoms with Gasteiger partial charge in [0.2, 0.25) is 0 Å². The number of nitrogens with one attached hydrogen (secondary N) is 1. The van der Waals surface area contributed by atoms with Crippen molar-refractivity contribution in [1.29, 1.82) is 0 Å². The maximum Gasteiger partial charge on any atom is 0.129 e. The van der Waals surface area contributed by atoms with Crippen LogP contribution in [-0.4, -0.2) is 19.3 Å². The average Bonchev–Trinajstić information content (AvgIpc) is 2.50. The Morgan fingerprint density at radius 3 is 2.45 bits per heavy atom. The average molecular weight is 269 g/mol. The second-order valence-electron chi connectivity index (χ2n) is 4.97. The first-order valence-electron chi connectivity index (χ1n) is 7.07. The number of rotatable bonds is 4. The summed E-state index contributed by atoms with van der Waals surface area (Å²) in [6.45, 7) is 1.69. The zero-order valence-corrected chi connectivity index (χ0v) is 11.4. The number of anilines is 1. The van der Waals surface area contributed by atoms with E-state index >= 15 is 0 Å². The number of hydrogen-bond donors (Lipinski definition) is 1. The Bertz CT molecular complexity index is 536.